The highest BCUT2D eigenvalue weighted by atomic mass is 16.2. The van der Waals surface area contributed by atoms with Crippen molar-refractivity contribution in [3.63, 3.8) is 0 Å². The Morgan fingerprint density at radius 3 is 2.48 bits per heavy atom. The Kier molecular flexibility index (Phi) is 3.42. The fraction of sp³-hybridized carbons (Fsp3) is 0.278. The summed E-state index contributed by atoms with van der Waals surface area (Å²) >= 11 is 0. The summed E-state index contributed by atoms with van der Waals surface area (Å²) in [5.74, 6) is 0.205. The first-order valence-corrected chi connectivity index (χ1v) is 7.27. The van der Waals surface area contributed by atoms with E-state index in [0.29, 0.717) is 6.54 Å². The Morgan fingerprint density at radius 1 is 1.14 bits per heavy atom. The van der Waals surface area contributed by atoms with E-state index in [2.05, 4.69) is 12.1 Å². The Hall–Kier alpha value is -2.29. The summed E-state index contributed by atoms with van der Waals surface area (Å²) in [6, 6.07) is 17.8. The zero-order valence-electron chi connectivity index (χ0n) is 12.3. The van der Waals surface area contributed by atoms with E-state index < -0.39 is 0 Å². The maximum atomic E-state index is 12.8. The second-order valence-electron chi connectivity index (χ2n) is 5.85. The van der Waals surface area contributed by atoms with Crippen molar-refractivity contribution in [1.82, 2.24) is 4.90 Å². The lowest BCUT2D eigenvalue weighted by Gasteiger charge is -2.24. The van der Waals surface area contributed by atoms with Gasteiger partial charge in [0.1, 0.15) is 0 Å². The highest BCUT2D eigenvalue weighted by Gasteiger charge is 2.52. The third kappa shape index (κ3) is 2.64. The van der Waals surface area contributed by atoms with Gasteiger partial charge in [-0.3, -0.25) is 4.79 Å². The van der Waals surface area contributed by atoms with Gasteiger partial charge in [-0.05, 0) is 36.1 Å². The monoisotopic (exact) mass is 280 g/mol. The van der Waals surface area contributed by atoms with Crippen molar-refractivity contribution in [2.75, 3.05) is 12.8 Å². The van der Waals surface area contributed by atoms with Gasteiger partial charge in [0.15, 0.2) is 0 Å². The van der Waals surface area contributed by atoms with Crippen LogP contribution < -0.4 is 5.73 Å². The van der Waals surface area contributed by atoms with Crippen molar-refractivity contribution in [3.05, 3.63) is 65.7 Å². The molecule has 3 nitrogen and oxygen atoms in total. The standard InChI is InChI=1S/C18H20N2O/c1-20(13-14-6-5-9-16(19)12-14)17(21)18(10-11-18)15-7-3-2-4-8-15/h2-9,12H,10-11,13,19H2,1H3. The van der Waals surface area contributed by atoms with E-state index in [-0.39, 0.29) is 11.3 Å². The van der Waals surface area contributed by atoms with Crippen LogP contribution in [0.25, 0.3) is 0 Å². The number of anilines is 1. The zero-order valence-corrected chi connectivity index (χ0v) is 12.3. The number of rotatable bonds is 4. The average molecular weight is 280 g/mol. The molecule has 2 aromatic carbocycles. The molecule has 3 rings (SSSR count). The van der Waals surface area contributed by atoms with Crippen LogP contribution in [0.15, 0.2) is 54.6 Å². The molecule has 108 valence electrons. The van der Waals surface area contributed by atoms with E-state index in [4.69, 9.17) is 5.73 Å². The van der Waals surface area contributed by atoms with Crippen LogP contribution in [0.5, 0.6) is 0 Å². The van der Waals surface area contributed by atoms with Crippen molar-refractivity contribution in [1.29, 1.82) is 0 Å². The first-order valence-electron chi connectivity index (χ1n) is 7.27. The maximum absolute atomic E-state index is 12.8. The molecule has 0 saturated heterocycles. The first kappa shape index (κ1) is 13.7. The van der Waals surface area contributed by atoms with Gasteiger partial charge in [0.25, 0.3) is 0 Å². The zero-order chi connectivity index (χ0) is 14.9. The predicted molar refractivity (Wildman–Crippen MR) is 84.7 cm³/mol. The van der Waals surface area contributed by atoms with E-state index >= 15 is 0 Å². The molecule has 0 aliphatic heterocycles. The number of likely N-dealkylation sites (N-methyl/N-ethyl adjacent to an activating group) is 1. The van der Waals surface area contributed by atoms with Crippen molar-refractivity contribution < 1.29 is 4.79 Å². The van der Waals surface area contributed by atoms with Gasteiger partial charge in [-0.2, -0.15) is 0 Å². The van der Waals surface area contributed by atoms with Crippen LogP contribution in [0, 0.1) is 0 Å². The third-order valence-corrected chi connectivity index (χ3v) is 4.20. The number of hydrogen-bond donors (Lipinski definition) is 1. The van der Waals surface area contributed by atoms with E-state index in [9.17, 15) is 4.79 Å². The third-order valence-electron chi connectivity index (χ3n) is 4.20. The van der Waals surface area contributed by atoms with Gasteiger partial charge < -0.3 is 10.6 Å². The molecule has 0 bridgehead atoms. The van der Waals surface area contributed by atoms with Crippen LogP contribution in [0.2, 0.25) is 0 Å². The largest absolute Gasteiger partial charge is 0.399 e. The number of nitrogens with two attached hydrogens (primary N) is 1. The minimum absolute atomic E-state index is 0.205. The summed E-state index contributed by atoms with van der Waals surface area (Å²) < 4.78 is 0. The molecule has 0 radical (unpaired) electrons. The van der Waals surface area contributed by atoms with Crippen molar-refractivity contribution in [3.8, 4) is 0 Å². The molecule has 2 N–H and O–H groups in total. The first-order chi connectivity index (χ1) is 10.1. The molecule has 0 spiro atoms. The van der Waals surface area contributed by atoms with Crippen molar-refractivity contribution in [2.45, 2.75) is 24.8 Å². The summed E-state index contributed by atoms with van der Waals surface area (Å²) in [4.78, 5) is 14.6. The summed E-state index contributed by atoms with van der Waals surface area (Å²) in [5, 5.41) is 0. The molecule has 1 aliphatic rings. The second-order valence-corrected chi connectivity index (χ2v) is 5.85. The van der Waals surface area contributed by atoms with Gasteiger partial charge in [-0.15, -0.1) is 0 Å². The smallest absolute Gasteiger partial charge is 0.233 e. The Balaban J connectivity index is 1.76. The fourth-order valence-electron chi connectivity index (χ4n) is 2.91. The van der Waals surface area contributed by atoms with Crippen molar-refractivity contribution in [2.24, 2.45) is 0 Å². The molecule has 3 heteroatoms. The number of nitrogens with zero attached hydrogens (tertiary/aromatic N) is 1. The number of hydrogen-bond acceptors (Lipinski definition) is 2. The second kappa shape index (κ2) is 5.24. The molecule has 0 atom stereocenters. The minimum Gasteiger partial charge on any atom is -0.399 e. The Bertz CT molecular complexity index is 647. The van der Waals surface area contributed by atoms with Crippen LogP contribution in [0.3, 0.4) is 0 Å². The highest BCUT2D eigenvalue weighted by molar-refractivity contribution is 5.91. The number of amides is 1. The van der Waals surface area contributed by atoms with Crippen LogP contribution in [-0.2, 0) is 16.8 Å². The minimum atomic E-state index is -0.295. The molecular formula is C18H20N2O. The number of carbonyl (C=O) groups excluding carboxylic acids is 1. The topological polar surface area (TPSA) is 46.3 Å². The molecule has 1 aliphatic carbocycles. The van der Waals surface area contributed by atoms with Gasteiger partial charge in [0, 0.05) is 19.3 Å². The van der Waals surface area contributed by atoms with E-state index in [1.807, 2.05) is 54.4 Å². The van der Waals surface area contributed by atoms with Crippen LogP contribution in [-0.4, -0.2) is 17.9 Å². The number of carbonyl (C=O) groups is 1. The quantitative estimate of drug-likeness (QED) is 0.875. The summed E-state index contributed by atoms with van der Waals surface area (Å²) in [6.07, 6.45) is 1.88. The lowest BCUT2D eigenvalue weighted by atomic mass is 9.94. The molecule has 0 heterocycles. The predicted octanol–water partition coefficient (Wildman–Crippen LogP) is 2.96. The van der Waals surface area contributed by atoms with Gasteiger partial charge in [-0.1, -0.05) is 42.5 Å². The Morgan fingerprint density at radius 2 is 1.86 bits per heavy atom. The average Bonchev–Trinajstić information content (AvgIpc) is 3.29. The fourth-order valence-corrected chi connectivity index (χ4v) is 2.91. The van der Waals surface area contributed by atoms with Gasteiger partial charge in [-0.25, -0.2) is 0 Å². The normalized spacial score (nSPS) is 15.5. The van der Waals surface area contributed by atoms with Crippen LogP contribution in [0.1, 0.15) is 24.0 Å². The molecule has 2 aromatic rings. The highest BCUT2D eigenvalue weighted by Crippen LogP contribution is 2.49. The number of nitrogen functional groups attached to an aromatic ring is 1. The molecule has 1 amide bonds. The molecular weight excluding hydrogens is 260 g/mol. The lowest BCUT2D eigenvalue weighted by Crippen LogP contribution is -2.36. The molecule has 1 saturated carbocycles. The molecule has 0 aromatic heterocycles. The summed E-state index contributed by atoms with van der Waals surface area (Å²) in [5.41, 5.74) is 8.43. The van der Waals surface area contributed by atoms with E-state index in [0.717, 1.165) is 29.7 Å². The van der Waals surface area contributed by atoms with Crippen LogP contribution in [0.4, 0.5) is 5.69 Å². The summed E-state index contributed by atoms with van der Waals surface area (Å²) in [6.45, 7) is 0.596. The van der Waals surface area contributed by atoms with Gasteiger partial charge in [0.05, 0.1) is 5.41 Å². The van der Waals surface area contributed by atoms with E-state index in [1.54, 1.807) is 0 Å². The van der Waals surface area contributed by atoms with Crippen LogP contribution >= 0.6 is 0 Å². The maximum Gasteiger partial charge on any atom is 0.233 e. The summed E-state index contributed by atoms with van der Waals surface area (Å²) in [7, 11) is 1.87. The SMILES string of the molecule is CN(Cc1cccc(N)c1)C(=O)C1(c2ccccc2)CC1. The molecule has 1 fully saturated rings. The molecule has 0 unspecified atom stereocenters. The number of benzene rings is 2. The lowest BCUT2D eigenvalue weighted by molar-refractivity contribution is -0.133. The van der Waals surface area contributed by atoms with Gasteiger partial charge in [0.2, 0.25) is 5.91 Å². The van der Waals surface area contributed by atoms with Gasteiger partial charge >= 0.3 is 0 Å². The molecule has 21 heavy (non-hydrogen) atoms. The van der Waals surface area contributed by atoms with E-state index in [1.165, 1.54) is 0 Å². The van der Waals surface area contributed by atoms with Crippen molar-refractivity contribution >= 4 is 11.6 Å². The Labute approximate surface area is 125 Å².